The second-order valence-electron chi connectivity index (χ2n) is 5.60. The minimum Gasteiger partial charge on any atom is -0.352 e. The van der Waals surface area contributed by atoms with E-state index in [1.165, 1.54) is 40.8 Å². The number of benzene rings is 1. The Morgan fingerprint density at radius 1 is 1.23 bits per heavy atom. The molecule has 1 aliphatic carbocycles. The van der Waals surface area contributed by atoms with Gasteiger partial charge in [0.25, 0.3) is 0 Å². The molecule has 0 atom stereocenters. The lowest BCUT2D eigenvalue weighted by atomic mass is 10.1. The van der Waals surface area contributed by atoms with Crippen LogP contribution in [0.1, 0.15) is 33.0 Å². The Kier molecular flexibility index (Phi) is 4.73. The summed E-state index contributed by atoms with van der Waals surface area (Å²) in [6.45, 7) is 3.58. The van der Waals surface area contributed by atoms with Crippen LogP contribution >= 0.6 is 11.3 Å². The molecule has 2 N–H and O–H groups in total. The quantitative estimate of drug-likeness (QED) is 0.674. The number of rotatable bonds is 4. The topological polar surface area (TPSA) is 49.3 Å². The van der Waals surface area contributed by atoms with Gasteiger partial charge in [0.05, 0.1) is 6.54 Å². The lowest BCUT2D eigenvalue weighted by Gasteiger charge is -2.11. The zero-order chi connectivity index (χ0) is 15.4. The second kappa shape index (κ2) is 6.92. The molecule has 0 unspecified atom stereocenters. The van der Waals surface area contributed by atoms with Crippen molar-refractivity contribution in [3.05, 3.63) is 51.0 Å². The van der Waals surface area contributed by atoms with Crippen molar-refractivity contribution in [3.8, 4) is 0 Å². The van der Waals surface area contributed by atoms with Crippen molar-refractivity contribution in [3.63, 3.8) is 0 Å². The Hall–Kier alpha value is -1.88. The molecule has 22 heavy (non-hydrogen) atoms. The highest BCUT2D eigenvalue weighted by Crippen LogP contribution is 2.22. The zero-order valence-corrected chi connectivity index (χ0v) is 14.0. The van der Waals surface area contributed by atoms with Gasteiger partial charge in [0.15, 0.2) is 5.96 Å². The number of aryl methyl sites for hydroxylation is 3. The molecule has 0 fully saturated rings. The third-order valence-electron chi connectivity index (χ3n) is 3.92. The van der Waals surface area contributed by atoms with E-state index in [1.807, 2.05) is 6.20 Å². The van der Waals surface area contributed by atoms with E-state index in [2.05, 4.69) is 45.7 Å². The number of nitrogens with one attached hydrogen (secondary N) is 2. The normalized spacial score (nSPS) is 14.0. The molecule has 0 bridgehead atoms. The van der Waals surface area contributed by atoms with Gasteiger partial charge in [-0.1, -0.05) is 18.2 Å². The van der Waals surface area contributed by atoms with E-state index < -0.39 is 0 Å². The van der Waals surface area contributed by atoms with Crippen molar-refractivity contribution in [2.75, 3.05) is 7.05 Å². The minimum absolute atomic E-state index is 0.711. The van der Waals surface area contributed by atoms with Crippen LogP contribution in [0.25, 0.3) is 0 Å². The average molecular weight is 314 g/mol. The van der Waals surface area contributed by atoms with Gasteiger partial charge < -0.3 is 10.6 Å². The van der Waals surface area contributed by atoms with Crippen molar-refractivity contribution in [1.29, 1.82) is 0 Å². The fourth-order valence-corrected chi connectivity index (χ4v) is 3.51. The van der Waals surface area contributed by atoms with E-state index >= 15 is 0 Å². The predicted octanol–water partition coefficient (Wildman–Crippen LogP) is 2.81. The summed E-state index contributed by atoms with van der Waals surface area (Å²) >= 11 is 1.71. The zero-order valence-electron chi connectivity index (χ0n) is 13.1. The van der Waals surface area contributed by atoms with E-state index in [-0.39, 0.29) is 0 Å². The molecule has 1 heterocycles. The van der Waals surface area contributed by atoms with E-state index in [0.717, 1.165) is 17.5 Å². The molecule has 0 saturated carbocycles. The van der Waals surface area contributed by atoms with Crippen LogP contribution in [0.5, 0.6) is 0 Å². The third-order valence-corrected chi connectivity index (χ3v) is 4.84. The molecule has 116 valence electrons. The molecule has 1 aromatic carbocycles. The highest BCUT2D eigenvalue weighted by Gasteiger charge is 2.10. The van der Waals surface area contributed by atoms with Gasteiger partial charge in [0, 0.05) is 24.7 Å². The molecule has 2 aromatic rings. The Morgan fingerprint density at radius 3 is 2.82 bits per heavy atom. The van der Waals surface area contributed by atoms with Gasteiger partial charge in [0.1, 0.15) is 5.01 Å². The average Bonchev–Trinajstić information content (AvgIpc) is 3.15. The molecule has 0 saturated heterocycles. The van der Waals surface area contributed by atoms with Gasteiger partial charge in [-0.05, 0) is 42.9 Å². The summed E-state index contributed by atoms with van der Waals surface area (Å²) in [5.74, 6) is 0.813. The van der Waals surface area contributed by atoms with Gasteiger partial charge >= 0.3 is 0 Å². The van der Waals surface area contributed by atoms with Crippen LogP contribution in [-0.4, -0.2) is 18.0 Å². The summed E-state index contributed by atoms with van der Waals surface area (Å²) in [7, 11) is 1.80. The van der Waals surface area contributed by atoms with Gasteiger partial charge in [-0.25, -0.2) is 4.98 Å². The molecule has 1 aromatic heterocycles. The Morgan fingerprint density at radius 2 is 2.05 bits per heavy atom. The van der Waals surface area contributed by atoms with Crippen molar-refractivity contribution in [2.24, 2.45) is 4.99 Å². The second-order valence-corrected chi connectivity index (χ2v) is 6.92. The highest BCUT2D eigenvalue weighted by molar-refractivity contribution is 7.11. The molecule has 0 radical (unpaired) electrons. The molecule has 0 spiro atoms. The van der Waals surface area contributed by atoms with Crippen molar-refractivity contribution in [2.45, 2.75) is 39.3 Å². The van der Waals surface area contributed by atoms with E-state index in [1.54, 1.807) is 18.4 Å². The number of aliphatic imine (C=N–C) groups is 1. The largest absolute Gasteiger partial charge is 0.352 e. The summed E-state index contributed by atoms with van der Waals surface area (Å²) in [5.41, 5.74) is 4.35. The first-order valence-electron chi connectivity index (χ1n) is 7.71. The lowest BCUT2D eigenvalue weighted by Crippen LogP contribution is -2.36. The summed E-state index contributed by atoms with van der Waals surface area (Å²) < 4.78 is 0. The Balaban J connectivity index is 1.52. The fraction of sp³-hybridized carbons (Fsp3) is 0.412. The number of hydrogen-bond acceptors (Lipinski definition) is 3. The summed E-state index contributed by atoms with van der Waals surface area (Å²) in [5, 5.41) is 7.76. The molecular weight excluding hydrogens is 292 g/mol. The number of fused-ring (bicyclic) bond motifs is 1. The first-order valence-corrected chi connectivity index (χ1v) is 8.53. The summed E-state index contributed by atoms with van der Waals surface area (Å²) in [4.78, 5) is 9.86. The number of hydrogen-bond donors (Lipinski definition) is 2. The Labute approximate surface area is 135 Å². The van der Waals surface area contributed by atoms with Crippen LogP contribution in [0.15, 0.2) is 29.4 Å². The van der Waals surface area contributed by atoms with Crippen LogP contribution in [0.3, 0.4) is 0 Å². The van der Waals surface area contributed by atoms with Crippen LogP contribution in [0, 0.1) is 6.92 Å². The van der Waals surface area contributed by atoms with Gasteiger partial charge in [-0.3, -0.25) is 4.99 Å². The van der Waals surface area contributed by atoms with Crippen molar-refractivity contribution in [1.82, 2.24) is 15.6 Å². The van der Waals surface area contributed by atoms with Crippen molar-refractivity contribution >= 4 is 17.3 Å². The molecule has 5 heteroatoms. The number of nitrogens with zero attached hydrogens (tertiary/aromatic N) is 2. The third kappa shape index (κ3) is 3.65. The van der Waals surface area contributed by atoms with Crippen LogP contribution in [-0.2, 0) is 25.9 Å². The molecule has 4 nitrogen and oxygen atoms in total. The number of thiazole rings is 1. The summed E-state index contributed by atoms with van der Waals surface area (Å²) in [6.07, 6.45) is 5.66. The van der Waals surface area contributed by atoms with Gasteiger partial charge in [0.2, 0.25) is 0 Å². The maximum atomic E-state index is 4.35. The first-order chi connectivity index (χ1) is 10.7. The van der Waals surface area contributed by atoms with Crippen LogP contribution < -0.4 is 10.6 Å². The monoisotopic (exact) mass is 314 g/mol. The van der Waals surface area contributed by atoms with Gasteiger partial charge in [-0.15, -0.1) is 11.3 Å². The molecule has 0 aliphatic heterocycles. The first kappa shape index (κ1) is 15.0. The maximum absolute atomic E-state index is 4.35. The SMILES string of the molecule is CN=C(NCc1ccc2c(c1)CCC2)NCc1ncc(C)s1. The molecular formula is C17H22N4S. The van der Waals surface area contributed by atoms with Crippen LogP contribution in [0.4, 0.5) is 0 Å². The fourth-order valence-electron chi connectivity index (χ4n) is 2.78. The predicted molar refractivity (Wildman–Crippen MR) is 92.4 cm³/mol. The van der Waals surface area contributed by atoms with E-state index in [4.69, 9.17) is 0 Å². The standard InChI is InChI=1S/C17H22N4S/c1-12-9-19-16(22-12)11-21-17(18-2)20-10-13-6-7-14-4-3-5-15(14)8-13/h6-9H,3-5,10-11H2,1-2H3,(H2,18,20,21). The minimum atomic E-state index is 0.711. The lowest BCUT2D eigenvalue weighted by molar-refractivity contribution is 0.804. The Bertz CT molecular complexity index is 675. The molecule has 3 rings (SSSR count). The highest BCUT2D eigenvalue weighted by atomic mass is 32.1. The number of guanidine groups is 1. The smallest absolute Gasteiger partial charge is 0.191 e. The molecule has 1 aliphatic rings. The van der Waals surface area contributed by atoms with E-state index in [9.17, 15) is 0 Å². The van der Waals surface area contributed by atoms with Gasteiger partial charge in [-0.2, -0.15) is 0 Å². The maximum Gasteiger partial charge on any atom is 0.191 e. The number of aromatic nitrogens is 1. The summed E-state index contributed by atoms with van der Waals surface area (Å²) in [6, 6.07) is 6.81. The van der Waals surface area contributed by atoms with Crippen molar-refractivity contribution < 1.29 is 0 Å². The van der Waals surface area contributed by atoms with E-state index in [0.29, 0.717) is 6.54 Å². The van der Waals surface area contributed by atoms with Crippen LogP contribution in [0.2, 0.25) is 0 Å². The molecule has 0 amide bonds.